The van der Waals surface area contributed by atoms with E-state index in [-0.39, 0.29) is 22.0 Å². The highest BCUT2D eigenvalue weighted by molar-refractivity contribution is 7.92. The highest BCUT2D eigenvalue weighted by Gasteiger charge is 2.29. The summed E-state index contributed by atoms with van der Waals surface area (Å²) in [5.74, 6) is 0.602. The van der Waals surface area contributed by atoms with Gasteiger partial charge in [0, 0.05) is 17.7 Å². The number of nitrogens with zero attached hydrogens (tertiary/aromatic N) is 2. The van der Waals surface area contributed by atoms with Gasteiger partial charge in [0.05, 0.1) is 42.5 Å². The number of ether oxygens (including phenoxy) is 3. The number of hydrogen-bond donors (Lipinski definition) is 1. The molecule has 36 heavy (non-hydrogen) atoms. The summed E-state index contributed by atoms with van der Waals surface area (Å²) in [4.78, 5) is 23.5. The van der Waals surface area contributed by atoms with Crippen LogP contribution in [0, 0.1) is 17.0 Å². The highest BCUT2D eigenvalue weighted by Crippen LogP contribution is 2.31. The van der Waals surface area contributed by atoms with Gasteiger partial charge in [0.25, 0.3) is 15.7 Å². The molecule has 0 saturated carbocycles. The van der Waals surface area contributed by atoms with Crippen molar-refractivity contribution in [3.8, 4) is 17.2 Å². The van der Waals surface area contributed by atoms with Crippen LogP contribution in [0.4, 0.5) is 17.1 Å². The van der Waals surface area contributed by atoms with Crippen LogP contribution in [0.5, 0.6) is 17.2 Å². The number of carbonyl (C=O) groups excluding carboxylic acids is 1. The standard InChI is InChI=1S/C24H25N3O8S/c1-16-5-11-20(14-22(16)27(29)30)36(31,32)26(17-6-8-18(33-2)9-7-17)15-24(28)25-21-13-19(34-3)10-12-23(21)35-4/h5-14H,15H2,1-4H3,(H,25,28). The number of hydrogen-bond acceptors (Lipinski definition) is 8. The van der Waals surface area contributed by atoms with Crippen molar-refractivity contribution in [2.24, 2.45) is 0 Å². The van der Waals surface area contributed by atoms with E-state index in [4.69, 9.17) is 14.2 Å². The number of methoxy groups -OCH3 is 3. The Morgan fingerprint density at radius 3 is 2.17 bits per heavy atom. The Balaban J connectivity index is 2.02. The van der Waals surface area contributed by atoms with Crippen LogP contribution in [-0.4, -0.2) is 47.1 Å². The number of nitro benzene ring substituents is 1. The zero-order valence-corrected chi connectivity index (χ0v) is 20.9. The molecule has 0 atom stereocenters. The van der Waals surface area contributed by atoms with E-state index in [9.17, 15) is 23.3 Å². The molecule has 190 valence electrons. The van der Waals surface area contributed by atoms with Crippen molar-refractivity contribution >= 4 is 33.0 Å². The lowest BCUT2D eigenvalue weighted by Crippen LogP contribution is -2.38. The Morgan fingerprint density at radius 1 is 0.944 bits per heavy atom. The molecule has 0 aromatic heterocycles. The lowest BCUT2D eigenvalue weighted by Gasteiger charge is -2.24. The fourth-order valence-corrected chi connectivity index (χ4v) is 4.81. The van der Waals surface area contributed by atoms with E-state index in [0.29, 0.717) is 22.8 Å². The molecule has 1 amide bonds. The average Bonchev–Trinajstić information content (AvgIpc) is 2.87. The maximum Gasteiger partial charge on any atom is 0.273 e. The molecule has 0 aliphatic carbocycles. The molecule has 0 spiro atoms. The molecule has 1 N–H and O–H groups in total. The molecule has 0 heterocycles. The first kappa shape index (κ1) is 26.3. The number of nitrogens with one attached hydrogen (secondary N) is 1. The predicted octanol–water partition coefficient (Wildman–Crippen LogP) is 3.76. The second-order valence-electron chi connectivity index (χ2n) is 7.53. The largest absolute Gasteiger partial charge is 0.497 e. The fraction of sp³-hybridized carbons (Fsp3) is 0.208. The molecule has 12 heteroatoms. The molecule has 0 radical (unpaired) electrons. The molecule has 0 aliphatic heterocycles. The topological polar surface area (TPSA) is 137 Å². The van der Waals surface area contributed by atoms with E-state index in [0.717, 1.165) is 10.4 Å². The first-order valence-electron chi connectivity index (χ1n) is 10.5. The summed E-state index contributed by atoms with van der Waals surface area (Å²) in [5.41, 5.74) is 0.390. The van der Waals surface area contributed by atoms with Gasteiger partial charge in [0.15, 0.2) is 0 Å². The Morgan fingerprint density at radius 2 is 1.58 bits per heavy atom. The van der Waals surface area contributed by atoms with Crippen LogP contribution in [0.2, 0.25) is 0 Å². The number of rotatable bonds is 10. The minimum atomic E-state index is -4.39. The molecular weight excluding hydrogens is 490 g/mol. The Hall–Kier alpha value is -4.32. The van der Waals surface area contributed by atoms with Crippen LogP contribution in [-0.2, 0) is 14.8 Å². The van der Waals surface area contributed by atoms with Crippen molar-refractivity contribution in [1.29, 1.82) is 0 Å². The number of sulfonamides is 1. The summed E-state index contributed by atoms with van der Waals surface area (Å²) in [7, 11) is -0.0379. The van der Waals surface area contributed by atoms with E-state index in [2.05, 4.69) is 5.32 Å². The van der Waals surface area contributed by atoms with Gasteiger partial charge in [-0.2, -0.15) is 0 Å². The molecular formula is C24H25N3O8S. The van der Waals surface area contributed by atoms with Crippen LogP contribution in [0.15, 0.2) is 65.6 Å². The predicted molar refractivity (Wildman–Crippen MR) is 134 cm³/mol. The smallest absolute Gasteiger partial charge is 0.273 e. The average molecular weight is 516 g/mol. The maximum atomic E-state index is 13.6. The van der Waals surface area contributed by atoms with Crippen LogP contribution in [0.3, 0.4) is 0 Å². The van der Waals surface area contributed by atoms with Gasteiger partial charge in [-0.15, -0.1) is 0 Å². The molecule has 0 aliphatic rings. The summed E-state index contributed by atoms with van der Waals surface area (Å²) in [5, 5.41) is 14.0. The Bertz CT molecular complexity index is 1370. The van der Waals surface area contributed by atoms with Crippen molar-refractivity contribution in [3.63, 3.8) is 0 Å². The van der Waals surface area contributed by atoms with E-state index < -0.39 is 27.4 Å². The number of carbonyl (C=O) groups is 1. The number of nitro groups is 1. The fourth-order valence-electron chi connectivity index (χ4n) is 3.37. The quantitative estimate of drug-likeness (QED) is 0.318. The van der Waals surface area contributed by atoms with E-state index in [1.54, 1.807) is 24.3 Å². The summed E-state index contributed by atoms with van der Waals surface area (Å²) in [6.45, 7) is 0.876. The first-order chi connectivity index (χ1) is 17.1. The van der Waals surface area contributed by atoms with Gasteiger partial charge in [0.1, 0.15) is 23.8 Å². The molecule has 0 saturated heterocycles. The van der Waals surface area contributed by atoms with Crippen molar-refractivity contribution in [2.45, 2.75) is 11.8 Å². The van der Waals surface area contributed by atoms with Gasteiger partial charge in [-0.1, -0.05) is 6.07 Å². The van der Waals surface area contributed by atoms with Crippen molar-refractivity contribution in [3.05, 3.63) is 76.3 Å². The van der Waals surface area contributed by atoms with Gasteiger partial charge in [0.2, 0.25) is 5.91 Å². The van der Waals surface area contributed by atoms with E-state index in [1.807, 2.05) is 0 Å². The number of aryl methyl sites for hydroxylation is 1. The highest BCUT2D eigenvalue weighted by atomic mass is 32.2. The molecule has 11 nitrogen and oxygen atoms in total. The summed E-state index contributed by atoms with van der Waals surface area (Å²) >= 11 is 0. The molecule has 3 aromatic rings. The van der Waals surface area contributed by atoms with Crippen LogP contribution in [0.1, 0.15) is 5.56 Å². The van der Waals surface area contributed by atoms with Crippen molar-refractivity contribution in [2.75, 3.05) is 37.5 Å². The molecule has 3 rings (SSSR count). The SMILES string of the molecule is COc1ccc(N(CC(=O)Nc2cc(OC)ccc2OC)S(=O)(=O)c2ccc(C)c([N+](=O)[O-])c2)cc1. The summed E-state index contributed by atoms with van der Waals surface area (Å²) < 4.78 is 43.7. The molecule has 0 bridgehead atoms. The normalized spacial score (nSPS) is 10.9. The second-order valence-corrected chi connectivity index (χ2v) is 9.39. The lowest BCUT2D eigenvalue weighted by molar-refractivity contribution is -0.385. The number of benzene rings is 3. The zero-order valence-electron chi connectivity index (χ0n) is 20.0. The van der Waals surface area contributed by atoms with Gasteiger partial charge in [-0.3, -0.25) is 19.2 Å². The number of anilines is 2. The van der Waals surface area contributed by atoms with Crippen LogP contribution in [0.25, 0.3) is 0 Å². The van der Waals surface area contributed by atoms with Crippen LogP contribution >= 0.6 is 0 Å². The Kier molecular flexibility index (Phi) is 8.00. The molecule has 0 fully saturated rings. The Labute approximate surface area is 208 Å². The minimum absolute atomic E-state index is 0.159. The molecule has 3 aromatic carbocycles. The van der Waals surface area contributed by atoms with E-state index in [1.165, 1.54) is 58.6 Å². The van der Waals surface area contributed by atoms with Gasteiger partial charge in [-0.05, 0) is 49.4 Å². The summed E-state index contributed by atoms with van der Waals surface area (Å²) in [6, 6.07) is 14.4. The minimum Gasteiger partial charge on any atom is -0.497 e. The maximum absolute atomic E-state index is 13.6. The van der Waals surface area contributed by atoms with Crippen molar-refractivity contribution in [1.82, 2.24) is 0 Å². The van der Waals surface area contributed by atoms with Crippen LogP contribution < -0.4 is 23.8 Å². The third-order valence-electron chi connectivity index (χ3n) is 5.29. The van der Waals surface area contributed by atoms with Crippen molar-refractivity contribution < 1.29 is 32.3 Å². The third kappa shape index (κ3) is 5.66. The zero-order chi connectivity index (χ0) is 26.5. The first-order valence-corrected chi connectivity index (χ1v) is 12.0. The van der Waals surface area contributed by atoms with Gasteiger partial charge >= 0.3 is 0 Å². The van der Waals surface area contributed by atoms with Gasteiger partial charge in [-0.25, -0.2) is 8.42 Å². The van der Waals surface area contributed by atoms with E-state index >= 15 is 0 Å². The number of amides is 1. The molecule has 0 unspecified atom stereocenters. The second kappa shape index (κ2) is 11.0. The third-order valence-corrected chi connectivity index (χ3v) is 7.06. The monoisotopic (exact) mass is 515 g/mol. The summed E-state index contributed by atoms with van der Waals surface area (Å²) in [6.07, 6.45) is 0. The lowest BCUT2D eigenvalue weighted by atomic mass is 10.2. The van der Waals surface area contributed by atoms with Gasteiger partial charge < -0.3 is 19.5 Å².